The lowest BCUT2D eigenvalue weighted by Crippen LogP contribution is -2.47. The molecule has 0 unspecified atom stereocenters. The van der Waals surface area contributed by atoms with E-state index in [1.165, 1.54) is 0 Å². The van der Waals surface area contributed by atoms with Gasteiger partial charge in [0.2, 0.25) is 17.7 Å². The second-order valence-electron chi connectivity index (χ2n) is 8.89. The van der Waals surface area contributed by atoms with Gasteiger partial charge in [-0.05, 0) is 59.0 Å². The number of unbranched alkanes of at least 4 members (excludes halogenated alkanes) is 7. The third kappa shape index (κ3) is 23.2. The molecule has 4 N–H and O–H groups in total. The summed E-state index contributed by atoms with van der Waals surface area (Å²) in [7, 11) is 1.91. The van der Waals surface area contributed by atoms with Gasteiger partial charge in [0.1, 0.15) is 12.1 Å². The maximum atomic E-state index is 12.4. The monoisotopic (exact) mass is 497 g/mol. The minimum atomic E-state index is -0.239. The highest BCUT2D eigenvalue weighted by Crippen LogP contribution is 2.00. The van der Waals surface area contributed by atoms with Crippen molar-refractivity contribution in [1.82, 2.24) is 26.2 Å². The van der Waals surface area contributed by atoms with Crippen LogP contribution < -0.4 is 21.3 Å². The van der Waals surface area contributed by atoms with Gasteiger partial charge in [0.15, 0.2) is 0 Å². The zero-order valence-corrected chi connectivity index (χ0v) is 21.8. The van der Waals surface area contributed by atoms with E-state index < -0.39 is 0 Å². The maximum Gasteiger partial charge on any atom is 0.234 e. The second-order valence-corrected chi connectivity index (χ2v) is 8.89. The SMILES string of the molecule is CNCCCCCNC(=O)CN(CC(=O)NCCCCCC=O)CC(=O)NCCCCCC(C)=O. The summed E-state index contributed by atoms with van der Waals surface area (Å²) in [6.07, 6.45) is 9.77. The summed E-state index contributed by atoms with van der Waals surface area (Å²) in [5.41, 5.74) is 0. The Morgan fingerprint density at radius 2 is 1.06 bits per heavy atom. The highest BCUT2D eigenvalue weighted by atomic mass is 16.2. The summed E-state index contributed by atoms with van der Waals surface area (Å²) >= 11 is 0. The highest BCUT2D eigenvalue weighted by Gasteiger charge is 2.17. The zero-order chi connectivity index (χ0) is 26.2. The van der Waals surface area contributed by atoms with Gasteiger partial charge < -0.3 is 30.9 Å². The normalized spacial score (nSPS) is 10.7. The Kier molecular flexibility index (Phi) is 21.9. The molecule has 0 aliphatic carbocycles. The Morgan fingerprint density at radius 3 is 1.49 bits per heavy atom. The van der Waals surface area contributed by atoms with Gasteiger partial charge in [-0.2, -0.15) is 0 Å². The maximum absolute atomic E-state index is 12.4. The number of hydrogen-bond donors (Lipinski definition) is 4. The molecule has 0 aromatic heterocycles. The van der Waals surface area contributed by atoms with E-state index in [9.17, 15) is 24.0 Å². The van der Waals surface area contributed by atoms with Crippen LogP contribution in [0.2, 0.25) is 0 Å². The molecule has 0 atom stereocenters. The molecule has 0 fully saturated rings. The first kappa shape index (κ1) is 32.7. The molecule has 0 aromatic rings. The van der Waals surface area contributed by atoms with E-state index in [4.69, 9.17) is 0 Å². The van der Waals surface area contributed by atoms with Crippen LogP contribution in [0.3, 0.4) is 0 Å². The van der Waals surface area contributed by atoms with Crippen LogP contribution in [0.25, 0.3) is 0 Å². The van der Waals surface area contributed by atoms with Crippen LogP contribution in [0, 0.1) is 0 Å². The molecule has 0 heterocycles. The minimum absolute atomic E-state index is 0.0324. The van der Waals surface area contributed by atoms with Crippen LogP contribution in [-0.2, 0) is 24.0 Å². The smallest absolute Gasteiger partial charge is 0.234 e. The predicted octanol–water partition coefficient (Wildman–Crippen LogP) is 0.935. The van der Waals surface area contributed by atoms with Gasteiger partial charge in [0, 0.05) is 32.5 Å². The summed E-state index contributed by atoms with van der Waals surface area (Å²) < 4.78 is 0. The quantitative estimate of drug-likeness (QED) is 0.115. The number of nitrogens with one attached hydrogen (secondary N) is 4. The highest BCUT2D eigenvalue weighted by molar-refractivity contribution is 5.84. The molecule has 0 aromatic carbocycles. The largest absolute Gasteiger partial charge is 0.355 e. The number of carbonyl (C=O) groups is 5. The molecule has 202 valence electrons. The van der Waals surface area contributed by atoms with E-state index in [1.54, 1.807) is 11.8 Å². The third-order valence-corrected chi connectivity index (χ3v) is 5.38. The van der Waals surface area contributed by atoms with Crippen molar-refractivity contribution in [2.45, 2.75) is 77.6 Å². The lowest BCUT2D eigenvalue weighted by atomic mass is 10.1. The molecular weight excluding hydrogens is 450 g/mol. The van der Waals surface area contributed by atoms with E-state index in [2.05, 4.69) is 21.3 Å². The van der Waals surface area contributed by atoms with Gasteiger partial charge in [-0.3, -0.25) is 19.3 Å². The molecule has 0 bridgehead atoms. The molecule has 0 aliphatic heterocycles. The van der Waals surface area contributed by atoms with Crippen molar-refractivity contribution < 1.29 is 24.0 Å². The van der Waals surface area contributed by atoms with Crippen molar-refractivity contribution in [3.05, 3.63) is 0 Å². The van der Waals surface area contributed by atoms with Gasteiger partial charge in [0.05, 0.1) is 19.6 Å². The number of aldehydes is 1. The lowest BCUT2D eigenvalue weighted by Gasteiger charge is -2.21. The first-order valence-electron chi connectivity index (χ1n) is 13.0. The molecule has 0 spiro atoms. The zero-order valence-electron chi connectivity index (χ0n) is 21.8. The van der Waals surface area contributed by atoms with Crippen molar-refractivity contribution in [3.63, 3.8) is 0 Å². The van der Waals surface area contributed by atoms with Crippen molar-refractivity contribution >= 4 is 29.8 Å². The summed E-state index contributed by atoms with van der Waals surface area (Å²) in [5.74, 6) is -0.521. The number of hydrogen-bond acceptors (Lipinski definition) is 7. The Bertz CT molecular complexity index is 615. The first-order chi connectivity index (χ1) is 16.9. The van der Waals surface area contributed by atoms with E-state index in [-0.39, 0.29) is 43.1 Å². The van der Waals surface area contributed by atoms with Crippen LogP contribution in [0.15, 0.2) is 0 Å². The number of nitrogens with zero attached hydrogens (tertiary/aromatic N) is 1. The molecule has 10 nitrogen and oxygen atoms in total. The van der Waals surface area contributed by atoms with Gasteiger partial charge in [0.25, 0.3) is 0 Å². The molecular formula is C25H47N5O5. The Morgan fingerprint density at radius 1 is 0.629 bits per heavy atom. The third-order valence-electron chi connectivity index (χ3n) is 5.38. The first-order valence-corrected chi connectivity index (χ1v) is 13.0. The topological polar surface area (TPSA) is 137 Å². The van der Waals surface area contributed by atoms with Crippen LogP contribution in [0.1, 0.15) is 77.6 Å². The van der Waals surface area contributed by atoms with Crippen molar-refractivity contribution in [2.24, 2.45) is 0 Å². The molecule has 10 heteroatoms. The molecule has 0 saturated heterocycles. The summed E-state index contributed by atoms with van der Waals surface area (Å²) in [4.78, 5) is 60.0. The lowest BCUT2D eigenvalue weighted by molar-refractivity contribution is -0.128. The molecule has 3 amide bonds. The number of amides is 3. The van der Waals surface area contributed by atoms with E-state index in [0.717, 1.165) is 70.6 Å². The molecule has 0 saturated carbocycles. The van der Waals surface area contributed by atoms with E-state index in [1.807, 2.05) is 7.05 Å². The predicted molar refractivity (Wildman–Crippen MR) is 137 cm³/mol. The average molecular weight is 498 g/mol. The van der Waals surface area contributed by atoms with Gasteiger partial charge in [-0.1, -0.05) is 19.3 Å². The van der Waals surface area contributed by atoms with Crippen LogP contribution >= 0.6 is 0 Å². The molecule has 0 radical (unpaired) electrons. The van der Waals surface area contributed by atoms with E-state index >= 15 is 0 Å². The molecule has 0 aliphatic rings. The Balaban J connectivity index is 4.45. The van der Waals surface area contributed by atoms with Gasteiger partial charge >= 0.3 is 0 Å². The second kappa shape index (κ2) is 23.4. The fourth-order valence-electron chi connectivity index (χ4n) is 3.44. The fourth-order valence-corrected chi connectivity index (χ4v) is 3.44. The van der Waals surface area contributed by atoms with E-state index in [0.29, 0.717) is 32.5 Å². The molecule has 0 rings (SSSR count). The molecule has 35 heavy (non-hydrogen) atoms. The van der Waals surface area contributed by atoms with Crippen LogP contribution in [-0.4, -0.2) is 87.6 Å². The summed E-state index contributed by atoms with van der Waals surface area (Å²) in [6.45, 7) is 3.95. The van der Waals surface area contributed by atoms with Crippen LogP contribution in [0.4, 0.5) is 0 Å². The number of Topliss-reactive ketones (excluding diaryl/α,β-unsaturated/α-hetero) is 1. The van der Waals surface area contributed by atoms with Crippen molar-refractivity contribution in [1.29, 1.82) is 0 Å². The fraction of sp³-hybridized carbons (Fsp3) is 0.800. The van der Waals surface area contributed by atoms with Gasteiger partial charge in [-0.15, -0.1) is 0 Å². The minimum Gasteiger partial charge on any atom is -0.355 e. The average Bonchev–Trinajstić information content (AvgIpc) is 2.80. The van der Waals surface area contributed by atoms with Crippen molar-refractivity contribution in [2.75, 3.05) is 52.9 Å². The standard InChI is InChI=1S/C25H47N5O5/c1-22(32)13-7-5-10-16-28-24(34)20-30(19-23(33)27-15-9-3-4-12-18-31)21-25(35)29-17-11-6-8-14-26-2/h18,26H,3-17,19-21H2,1-2H3,(H,27,33)(H,28,34)(H,29,35). The number of rotatable bonds is 24. The number of ketones is 1. The number of carbonyl (C=O) groups excluding carboxylic acids is 5. The summed E-state index contributed by atoms with van der Waals surface area (Å²) in [5, 5.41) is 11.6. The Labute approximate surface area is 210 Å². The Hall–Kier alpha value is -2.33. The summed E-state index contributed by atoms with van der Waals surface area (Å²) in [6, 6.07) is 0. The van der Waals surface area contributed by atoms with Crippen molar-refractivity contribution in [3.8, 4) is 0 Å². The van der Waals surface area contributed by atoms with Gasteiger partial charge in [-0.25, -0.2) is 0 Å². The van der Waals surface area contributed by atoms with Crippen LogP contribution in [0.5, 0.6) is 0 Å².